The highest BCUT2D eigenvalue weighted by atomic mass is 14.7. The molecule has 1 aromatic heterocycles. The topological polar surface area (TPSA) is 12.9 Å². The first-order valence-electron chi connectivity index (χ1n) is 6.40. The number of aryl methyl sites for hydroxylation is 1. The predicted molar refractivity (Wildman–Crippen MR) is 75.0 cm³/mol. The van der Waals surface area contributed by atoms with E-state index in [1.807, 2.05) is 38.2 Å². The lowest BCUT2D eigenvalue weighted by molar-refractivity contribution is 0.922. The van der Waals surface area contributed by atoms with Crippen LogP contribution in [0.4, 0.5) is 0 Å². The van der Waals surface area contributed by atoms with Crippen molar-refractivity contribution in [1.29, 1.82) is 0 Å². The van der Waals surface area contributed by atoms with Crippen LogP contribution in [0.25, 0.3) is 11.3 Å². The van der Waals surface area contributed by atoms with E-state index in [0.717, 1.165) is 12.1 Å². The monoisotopic (exact) mass is 227 g/mol. The Hall–Kier alpha value is -1.63. The Kier molecular flexibility index (Phi) is 6.02. The lowest BCUT2D eigenvalue weighted by Crippen LogP contribution is -1.85. The van der Waals surface area contributed by atoms with Gasteiger partial charge in [-0.15, -0.1) is 0 Å². The number of hydrogen-bond donors (Lipinski definition) is 0. The van der Waals surface area contributed by atoms with Crippen LogP contribution in [0.2, 0.25) is 0 Å². The van der Waals surface area contributed by atoms with Gasteiger partial charge < -0.3 is 0 Å². The van der Waals surface area contributed by atoms with Gasteiger partial charge in [0.2, 0.25) is 0 Å². The van der Waals surface area contributed by atoms with Gasteiger partial charge in [-0.25, -0.2) is 0 Å². The average Bonchev–Trinajstić information content (AvgIpc) is 2.43. The van der Waals surface area contributed by atoms with Crippen LogP contribution in [0.3, 0.4) is 0 Å². The van der Waals surface area contributed by atoms with Crippen molar-refractivity contribution in [2.75, 3.05) is 0 Å². The molecule has 1 nitrogen and oxygen atoms in total. The maximum absolute atomic E-state index is 4.32. The molecule has 0 unspecified atom stereocenters. The van der Waals surface area contributed by atoms with E-state index in [-0.39, 0.29) is 0 Å². The normalized spacial score (nSPS) is 9.35. The lowest BCUT2D eigenvalue weighted by Gasteiger charge is -2.02. The first-order chi connectivity index (χ1) is 8.40. The van der Waals surface area contributed by atoms with Gasteiger partial charge in [0.05, 0.1) is 5.69 Å². The van der Waals surface area contributed by atoms with Crippen molar-refractivity contribution in [3.63, 3.8) is 0 Å². The van der Waals surface area contributed by atoms with Crippen molar-refractivity contribution in [3.8, 4) is 11.3 Å². The summed E-state index contributed by atoms with van der Waals surface area (Å²) < 4.78 is 0. The summed E-state index contributed by atoms with van der Waals surface area (Å²) >= 11 is 0. The molecule has 0 saturated carbocycles. The molecule has 0 spiro atoms. The molecular weight excluding hydrogens is 206 g/mol. The van der Waals surface area contributed by atoms with E-state index in [1.165, 1.54) is 17.5 Å². The zero-order chi connectivity index (χ0) is 12.5. The summed E-state index contributed by atoms with van der Waals surface area (Å²) in [6.45, 7) is 6.20. The first kappa shape index (κ1) is 13.4. The van der Waals surface area contributed by atoms with E-state index in [1.54, 1.807) is 0 Å². The third-order valence-corrected chi connectivity index (χ3v) is 2.45. The van der Waals surface area contributed by atoms with Gasteiger partial charge in [0, 0.05) is 11.8 Å². The van der Waals surface area contributed by atoms with Crippen LogP contribution >= 0.6 is 0 Å². The third-order valence-electron chi connectivity index (χ3n) is 2.45. The average molecular weight is 227 g/mol. The third kappa shape index (κ3) is 4.03. The Balaban J connectivity index is 0.000000686. The smallest absolute Gasteiger partial charge is 0.0701 e. The minimum absolute atomic E-state index is 1.04. The molecule has 0 N–H and O–H groups in total. The molecule has 0 aliphatic rings. The summed E-state index contributed by atoms with van der Waals surface area (Å²) in [7, 11) is 0. The largest absolute Gasteiger partial charge is 0.256 e. The van der Waals surface area contributed by atoms with Crippen LogP contribution in [0, 0.1) is 0 Å². The quantitative estimate of drug-likeness (QED) is 0.739. The molecule has 1 heteroatoms. The SMILES string of the molecule is CC.CCCc1ccc(-c2ccccn2)cc1. The van der Waals surface area contributed by atoms with E-state index in [0.29, 0.717) is 0 Å². The molecule has 1 aromatic carbocycles. The Morgan fingerprint density at radius 1 is 0.941 bits per heavy atom. The standard InChI is InChI=1S/C14H15N.C2H6/c1-2-5-12-7-9-13(10-8-12)14-6-3-4-11-15-14;1-2/h3-4,6-11H,2,5H2,1H3;1-2H3. The maximum atomic E-state index is 4.32. The van der Waals surface area contributed by atoms with Crippen LogP contribution in [0.5, 0.6) is 0 Å². The highest BCUT2D eigenvalue weighted by Crippen LogP contribution is 2.17. The molecule has 0 fully saturated rings. The summed E-state index contributed by atoms with van der Waals surface area (Å²) in [5, 5.41) is 0. The van der Waals surface area contributed by atoms with Gasteiger partial charge in [0.25, 0.3) is 0 Å². The molecule has 1 heterocycles. The molecule has 0 amide bonds. The minimum atomic E-state index is 1.04. The van der Waals surface area contributed by atoms with Crippen LogP contribution < -0.4 is 0 Å². The number of nitrogens with zero attached hydrogens (tertiary/aromatic N) is 1. The van der Waals surface area contributed by atoms with Crippen molar-refractivity contribution in [1.82, 2.24) is 4.98 Å². The first-order valence-corrected chi connectivity index (χ1v) is 6.40. The second-order valence-corrected chi connectivity index (χ2v) is 3.66. The number of pyridine rings is 1. The molecular formula is C16H21N. The molecule has 2 aromatic rings. The number of benzene rings is 1. The van der Waals surface area contributed by atoms with Gasteiger partial charge >= 0.3 is 0 Å². The minimum Gasteiger partial charge on any atom is -0.256 e. The second kappa shape index (κ2) is 7.61. The fourth-order valence-electron chi connectivity index (χ4n) is 1.66. The summed E-state index contributed by atoms with van der Waals surface area (Å²) in [6.07, 6.45) is 4.18. The van der Waals surface area contributed by atoms with Crippen molar-refractivity contribution in [3.05, 3.63) is 54.2 Å². The van der Waals surface area contributed by atoms with E-state index < -0.39 is 0 Å². The van der Waals surface area contributed by atoms with E-state index >= 15 is 0 Å². The van der Waals surface area contributed by atoms with Crippen LogP contribution in [0.15, 0.2) is 48.7 Å². The van der Waals surface area contributed by atoms with Gasteiger partial charge in [0.15, 0.2) is 0 Å². The number of aromatic nitrogens is 1. The van der Waals surface area contributed by atoms with Gasteiger partial charge in [-0.05, 0) is 24.1 Å². The Labute approximate surface area is 105 Å². The van der Waals surface area contributed by atoms with Crippen molar-refractivity contribution >= 4 is 0 Å². The van der Waals surface area contributed by atoms with E-state index in [9.17, 15) is 0 Å². The van der Waals surface area contributed by atoms with E-state index in [4.69, 9.17) is 0 Å². The molecule has 0 aliphatic heterocycles. The summed E-state index contributed by atoms with van der Waals surface area (Å²) in [5.41, 5.74) is 3.63. The Morgan fingerprint density at radius 2 is 1.65 bits per heavy atom. The summed E-state index contributed by atoms with van der Waals surface area (Å²) in [5.74, 6) is 0. The van der Waals surface area contributed by atoms with Crippen molar-refractivity contribution in [2.45, 2.75) is 33.6 Å². The lowest BCUT2D eigenvalue weighted by atomic mass is 10.1. The Morgan fingerprint density at radius 3 is 2.18 bits per heavy atom. The Bertz CT molecular complexity index is 403. The predicted octanol–water partition coefficient (Wildman–Crippen LogP) is 4.73. The van der Waals surface area contributed by atoms with Crippen molar-refractivity contribution in [2.24, 2.45) is 0 Å². The number of rotatable bonds is 3. The maximum Gasteiger partial charge on any atom is 0.0701 e. The van der Waals surface area contributed by atoms with E-state index in [2.05, 4.69) is 36.2 Å². The summed E-state index contributed by atoms with van der Waals surface area (Å²) in [6, 6.07) is 14.7. The molecule has 0 radical (unpaired) electrons. The molecule has 0 aliphatic carbocycles. The molecule has 17 heavy (non-hydrogen) atoms. The van der Waals surface area contributed by atoms with Crippen LogP contribution in [-0.2, 0) is 6.42 Å². The zero-order valence-electron chi connectivity index (χ0n) is 11.0. The molecule has 90 valence electrons. The molecule has 0 bridgehead atoms. The van der Waals surface area contributed by atoms with Gasteiger partial charge in [0.1, 0.15) is 0 Å². The summed E-state index contributed by atoms with van der Waals surface area (Å²) in [4.78, 5) is 4.32. The second-order valence-electron chi connectivity index (χ2n) is 3.66. The van der Waals surface area contributed by atoms with Gasteiger partial charge in [-0.2, -0.15) is 0 Å². The van der Waals surface area contributed by atoms with Gasteiger partial charge in [-0.3, -0.25) is 4.98 Å². The molecule has 2 rings (SSSR count). The molecule has 0 atom stereocenters. The highest BCUT2D eigenvalue weighted by molar-refractivity contribution is 5.58. The van der Waals surface area contributed by atoms with Gasteiger partial charge in [-0.1, -0.05) is 57.5 Å². The van der Waals surface area contributed by atoms with Crippen molar-refractivity contribution < 1.29 is 0 Å². The van der Waals surface area contributed by atoms with Crippen LogP contribution in [-0.4, -0.2) is 4.98 Å². The highest BCUT2D eigenvalue weighted by Gasteiger charge is 1.97. The zero-order valence-corrected chi connectivity index (χ0v) is 11.0. The fourth-order valence-corrected chi connectivity index (χ4v) is 1.66. The fraction of sp³-hybridized carbons (Fsp3) is 0.312. The van der Waals surface area contributed by atoms with Crippen LogP contribution in [0.1, 0.15) is 32.8 Å². The number of hydrogen-bond acceptors (Lipinski definition) is 1. The molecule has 0 saturated heterocycles.